The molecule has 21 heavy (non-hydrogen) atoms. The lowest BCUT2D eigenvalue weighted by Gasteiger charge is -2.18. The molecule has 0 aliphatic heterocycles. The summed E-state index contributed by atoms with van der Waals surface area (Å²) in [6.07, 6.45) is -0.0105. The lowest BCUT2D eigenvalue weighted by atomic mass is 10.1. The molecule has 0 radical (unpaired) electrons. The second-order valence-electron chi connectivity index (χ2n) is 5.64. The molecule has 2 aromatic rings. The molecule has 0 saturated carbocycles. The van der Waals surface area contributed by atoms with Gasteiger partial charge in [0.1, 0.15) is 11.5 Å². The Bertz CT molecular complexity index is 702. The van der Waals surface area contributed by atoms with Gasteiger partial charge in [-0.25, -0.2) is 0 Å². The number of benzene rings is 1. The first kappa shape index (κ1) is 13.9. The number of aryl methyl sites for hydroxylation is 2. The molecule has 0 saturated heterocycles. The van der Waals surface area contributed by atoms with Crippen molar-refractivity contribution in [3.63, 3.8) is 0 Å². The average molecular weight is 285 g/mol. The predicted octanol–water partition coefficient (Wildman–Crippen LogP) is 2.59. The standard InChI is InChI=1S/C17H19NO3/c1-9-10(2)21-11(3)15(9)17(20)18-16-13-7-5-4-6-12(13)8-14(16)19/h4-7,14,16,19H,8H2,1-3H3,(H,18,20)/t14-,16+/m1/s1. The molecule has 1 aromatic heterocycles. The van der Waals surface area contributed by atoms with Crippen LogP contribution in [0.4, 0.5) is 0 Å². The molecule has 2 N–H and O–H groups in total. The summed E-state index contributed by atoms with van der Waals surface area (Å²) in [5, 5.41) is 13.2. The van der Waals surface area contributed by atoms with Crippen LogP contribution >= 0.6 is 0 Å². The fraction of sp³-hybridized carbons (Fsp3) is 0.353. The number of carbonyl (C=O) groups excluding carboxylic acids is 1. The van der Waals surface area contributed by atoms with Gasteiger partial charge in [-0.1, -0.05) is 24.3 Å². The molecule has 0 bridgehead atoms. The number of amides is 1. The van der Waals surface area contributed by atoms with E-state index in [2.05, 4.69) is 5.32 Å². The third-order valence-electron chi connectivity index (χ3n) is 4.28. The van der Waals surface area contributed by atoms with Gasteiger partial charge in [-0.3, -0.25) is 4.79 Å². The van der Waals surface area contributed by atoms with Gasteiger partial charge in [0.05, 0.1) is 17.7 Å². The van der Waals surface area contributed by atoms with Crippen LogP contribution in [0, 0.1) is 20.8 Å². The van der Waals surface area contributed by atoms with Crippen LogP contribution in [0.1, 0.15) is 44.6 Å². The van der Waals surface area contributed by atoms with Gasteiger partial charge in [0.15, 0.2) is 0 Å². The highest BCUT2D eigenvalue weighted by molar-refractivity contribution is 5.97. The second-order valence-corrected chi connectivity index (χ2v) is 5.64. The van der Waals surface area contributed by atoms with Crippen LogP contribution < -0.4 is 5.32 Å². The number of rotatable bonds is 2. The van der Waals surface area contributed by atoms with Gasteiger partial charge in [-0.2, -0.15) is 0 Å². The minimum Gasteiger partial charge on any atom is -0.466 e. The van der Waals surface area contributed by atoms with E-state index in [1.54, 1.807) is 6.92 Å². The first-order valence-corrected chi connectivity index (χ1v) is 7.12. The van der Waals surface area contributed by atoms with Crippen molar-refractivity contribution in [1.29, 1.82) is 0 Å². The molecular weight excluding hydrogens is 266 g/mol. The van der Waals surface area contributed by atoms with E-state index >= 15 is 0 Å². The van der Waals surface area contributed by atoms with Crippen molar-refractivity contribution in [2.75, 3.05) is 0 Å². The molecule has 0 fully saturated rings. The normalized spacial score (nSPS) is 20.4. The maximum Gasteiger partial charge on any atom is 0.255 e. The van der Waals surface area contributed by atoms with E-state index in [1.165, 1.54) is 0 Å². The summed E-state index contributed by atoms with van der Waals surface area (Å²) in [5.41, 5.74) is 3.51. The monoisotopic (exact) mass is 285 g/mol. The molecule has 110 valence electrons. The van der Waals surface area contributed by atoms with E-state index in [0.29, 0.717) is 17.7 Å². The lowest BCUT2D eigenvalue weighted by molar-refractivity contribution is 0.0856. The van der Waals surface area contributed by atoms with Crippen molar-refractivity contribution in [2.24, 2.45) is 0 Å². The summed E-state index contributed by atoms with van der Waals surface area (Å²) in [4.78, 5) is 12.5. The first-order valence-electron chi connectivity index (χ1n) is 7.12. The highest BCUT2D eigenvalue weighted by Crippen LogP contribution is 2.32. The van der Waals surface area contributed by atoms with E-state index in [-0.39, 0.29) is 11.9 Å². The van der Waals surface area contributed by atoms with Crippen LogP contribution in [-0.4, -0.2) is 17.1 Å². The number of aliphatic hydroxyl groups is 1. The minimum atomic E-state index is -0.583. The zero-order valence-corrected chi connectivity index (χ0v) is 12.4. The Kier molecular flexibility index (Phi) is 3.33. The molecule has 1 heterocycles. The Morgan fingerprint density at radius 1 is 1.24 bits per heavy atom. The van der Waals surface area contributed by atoms with Crippen molar-refractivity contribution in [2.45, 2.75) is 39.3 Å². The smallest absolute Gasteiger partial charge is 0.255 e. The van der Waals surface area contributed by atoms with Gasteiger partial charge in [0.25, 0.3) is 5.91 Å². The third-order valence-corrected chi connectivity index (χ3v) is 4.28. The summed E-state index contributed by atoms with van der Waals surface area (Å²) >= 11 is 0. The van der Waals surface area contributed by atoms with E-state index in [1.807, 2.05) is 38.1 Å². The molecule has 1 aliphatic rings. The fourth-order valence-corrected chi connectivity index (χ4v) is 3.09. The number of fused-ring (bicyclic) bond motifs is 1. The topological polar surface area (TPSA) is 62.5 Å². The van der Waals surface area contributed by atoms with Crippen molar-refractivity contribution in [3.05, 3.63) is 58.0 Å². The molecular formula is C17H19NO3. The predicted molar refractivity (Wildman–Crippen MR) is 79.3 cm³/mol. The summed E-state index contributed by atoms with van der Waals surface area (Å²) in [7, 11) is 0. The quantitative estimate of drug-likeness (QED) is 0.891. The van der Waals surface area contributed by atoms with Gasteiger partial charge >= 0.3 is 0 Å². The molecule has 1 aromatic carbocycles. The lowest BCUT2D eigenvalue weighted by Crippen LogP contribution is -2.34. The van der Waals surface area contributed by atoms with Crippen LogP contribution in [0.3, 0.4) is 0 Å². The Hall–Kier alpha value is -2.07. The minimum absolute atomic E-state index is 0.192. The van der Waals surface area contributed by atoms with Crippen molar-refractivity contribution < 1.29 is 14.3 Å². The second kappa shape index (κ2) is 5.04. The molecule has 2 atom stereocenters. The summed E-state index contributed by atoms with van der Waals surface area (Å²) in [6, 6.07) is 7.46. The molecule has 0 spiro atoms. The van der Waals surface area contributed by atoms with Crippen LogP contribution in [-0.2, 0) is 6.42 Å². The largest absolute Gasteiger partial charge is 0.466 e. The van der Waals surface area contributed by atoms with Gasteiger partial charge in [0, 0.05) is 12.0 Å². The van der Waals surface area contributed by atoms with Gasteiger partial charge in [-0.15, -0.1) is 0 Å². The van der Waals surface area contributed by atoms with Crippen molar-refractivity contribution in [3.8, 4) is 0 Å². The van der Waals surface area contributed by atoms with Crippen LogP contribution in [0.5, 0.6) is 0 Å². The number of carbonyl (C=O) groups is 1. The number of aliphatic hydroxyl groups excluding tert-OH is 1. The molecule has 1 amide bonds. The van der Waals surface area contributed by atoms with Gasteiger partial charge in [-0.05, 0) is 31.9 Å². The zero-order chi connectivity index (χ0) is 15.1. The van der Waals surface area contributed by atoms with Crippen molar-refractivity contribution >= 4 is 5.91 Å². The number of nitrogens with one attached hydrogen (secondary N) is 1. The number of hydrogen-bond acceptors (Lipinski definition) is 3. The van der Waals surface area contributed by atoms with Crippen LogP contribution in [0.15, 0.2) is 28.7 Å². The fourth-order valence-electron chi connectivity index (χ4n) is 3.09. The van der Waals surface area contributed by atoms with E-state index in [4.69, 9.17) is 4.42 Å². The SMILES string of the molecule is Cc1oc(C)c(C(=O)N[C@H]2c3ccccc3C[C@H]2O)c1C. The molecule has 4 nitrogen and oxygen atoms in total. The maximum absolute atomic E-state index is 12.5. The Labute approximate surface area is 123 Å². The van der Waals surface area contributed by atoms with Crippen LogP contribution in [0.2, 0.25) is 0 Å². The van der Waals surface area contributed by atoms with Crippen LogP contribution in [0.25, 0.3) is 0 Å². The summed E-state index contributed by atoms with van der Waals surface area (Å²) < 4.78 is 5.50. The van der Waals surface area contributed by atoms with E-state index in [0.717, 1.165) is 22.5 Å². The molecule has 0 unspecified atom stereocenters. The number of furan rings is 1. The molecule has 1 aliphatic carbocycles. The van der Waals surface area contributed by atoms with Crippen molar-refractivity contribution in [1.82, 2.24) is 5.32 Å². The first-order chi connectivity index (χ1) is 9.99. The Morgan fingerprint density at radius 2 is 1.95 bits per heavy atom. The van der Waals surface area contributed by atoms with E-state index < -0.39 is 6.10 Å². The zero-order valence-electron chi connectivity index (χ0n) is 12.4. The summed E-state index contributed by atoms with van der Waals surface area (Å²) in [5.74, 6) is 1.18. The Balaban J connectivity index is 1.89. The van der Waals surface area contributed by atoms with Gasteiger partial charge < -0.3 is 14.8 Å². The molecule has 4 heteroatoms. The molecule has 3 rings (SSSR count). The third kappa shape index (κ3) is 2.25. The highest BCUT2D eigenvalue weighted by Gasteiger charge is 2.33. The average Bonchev–Trinajstić information content (AvgIpc) is 2.88. The number of hydrogen-bond donors (Lipinski definition) is 2. The highest BCUT2D eigenvalue weighted by atomic mass is 16.3. The summed E-state index contributed by atoms with van der Waals surface area (Å²) in [6.45, 7) is 5.51. The maximum atomic E-state index is 12.5. The van der Waals surface area contributed by atoms with E-state index in [9.17, 15) is 9.90 Å². The van der Waals surface area contributed by atoms with Gasteiger partial charge in [0.2, 0.25) is 0 Å². The Morgan fingerprint density at radius 3 is 2.62 bits per heavy atom.